The lowest BCUT2D eigenvalue weighted by Gasteiger charge is -2.66. The largest absolute Gasteiger partial charge is 0.465 e. The molecule has 2 N–H and O–H groups in total. The van der Waals surface area contributed by atoms with Crippen molar-refractivity contribution in [2.45, 2.75) is 95.3 Å². The molecule has 2 saturated carbocycles. The third kappa shape index (κ3) is 6.29. The summed E-state index contributed by atoms with van der Waals surface area (Å²) >= 11 is 0. The van der Waals surface area contributed by atoms with E-state index in [1.807, 2.05) is 0 Å². The van der Waals surface area contributed by atoms with Crippen LogP contribution in [-0.4, -0.2) is 94.0 Å². The minimum absolute atomic E-state index is 0.0860. The average Bonchev–Trinajstić information content (AvgIpc) is 3.22. The van der Waals surface area contributed by atoms with E-state index in [4.69, 9.17) is 28.4 Å². The van der Waals surface area contributed by atoms with Crippen LogP contribution in [0.15, 0.2) is 66.7 Å². The van der Waals surface area contributed by atoms with Crippen LogP contribution < -0.4 is 0 Å². The maximum absolute atomic E-state index is 13.9. The molecule has 3 aliphatic rings. The molecule has 13 nitrogen and oxygen atoms in total. The molecule has 1 heterocycles. The van der Waals surface area contributed by atoms with E-state index >= 15 is 0 Å². The number of rotatable bonds is 9. The first kappa shape index (κ1) is 36.7. The molecular weight excluding hydrogens is 652 g/mol. The first-order valence-corrected chi connectivity index (χ1v) is 16.2. The van der Waals surface area contributed by atoms with Crippen molar-refractivity contribution >= 4 is 35.9 Å². The minimum atomic E-state index is -2.29. The molecule has 1 saturated heterocycles. The summed E-state index contributed by atoms with van der Waals surface area (Å²) in [5, 5.41) is 24.9. The third-order valence-electron chi connectivity index (χ3n) is 9.91. The Labute approximate surface area is 289 Å². The van der Waals surface area contributed by atoms with Crippen molar-refractivity contribution in [3.63, 3.8) is 0 Å². The Hall–Kier alpha value is -4.59. The van der Waals surface area contributed by atoms with Crippen molar-refractivity contribution in [1.29, 1.82) is 0 Å². The summed E-state index contributed by atoms with van der Waals surface area (Å²) < 4.78 is 36.3. The van der Waals surface area contributed by atoms with Gasteiger partial charge in [0.2, 0.25) is 0 Å². The predicted octanol–water partition coefficient (Wildman–Crippen LogP) is 2.94. The van der Waals surface area contributed by atoms with Gasteiger partial charge in [-0.3, -0.25) is 14.4 Å². The van der Waals surface area contributed by atoms with E-state index in [1.165, 1.54) is 25.1 Å². The Bertz CT molecular complexity index is 1650. The van der Waals surface area contributed by atoms with E-state index in [-0.39, 0.29) is 5.56 Å². The van der Waals surface area contributed by atoms with E-state index in [2.05, 4.69) is 0 Å². The van der Waals surface area contributed by atoms with Crippen molar-refractivity contribution in [3.05, 3.63) is 77.9 Å². The Morgan fingerprint density at radius 1 is 0.820 bits per heavy atom. The number of benzene rings is 2. The monoisotopic (exact) mass is 694 g/mol. The van der Waals surface area contributed by atoms with Gasteiger partial charge in [0.15, 0.2) is 12.2 Å². The number of carbonyl (C=O) groups is 5. The van der Waals surface area contributed by atoms with Gasteiger partial charge < -0.3 is 38.6 Å². The highest BCUT2D eigenvalue weighted by Crippen LogP contribution is 2.69. The molecule has 13 heteroatoms. The zero-order valence-corrected chi connectivity index (χ0v) is 28.7. The molecule has 2 aliphatic carbocycles. The number of aliphatic hydroxyl groups is 2. The maximum atomic E-state index is 13.9. The van der Waals surface area contributed by atoms with Crippen molar-refractivity contribution in [1.82, 2.24) is 0 Å². The lowest BCUT2D eigenvalue weighted by Crippen LogP contribution is -2.85. The summed E-state index contributed by atoms with van der Waals surface area (Å²) in [6, 6.07) is 16.7. The smallest absolute Gasteiger partial charge is 0.338 e. The van der Waals surface area contributed by atoms with Crippen LogP contribution in [0.1, 0.15) is 63.9 Å². The molecule has 5 unspecified atom stereocenters. The summed E-state index contributed by atoms with van der Waals surface area (Å²) in [4.78, 5) is 65.6. The molecule has 0 amide bonds. The molecule has 9 atom stereocenters. The number of hydrogen-bond donors (Lipinski definition) is 2. The molecule has 2 aromatic rings. The number of hydrogen-bond acceptors (Lipinski definition) is 13. The van der Waals surface area contributed by atoms with Gasteiger partial charge in [-0.25, -0.2) is 9.59 Å². The fraction of sp³-hybridized carbons (Fsp3) is 0.486. The standard InChI is InChI=1S/C37H42O13/c1-21(38)45-20-36-31(48-27(41)18-17-24-13-9-7-10-14-24)26(46-22(2)39)19-35(6,44)37(36)30(42)28(34(4,5)50-37)29(47-23(3)40)32(36)49-33(43)25-15-11-8-12-16-25/h7-18,26,28-32,42,44H,19-20H2,1-6H3/b18-17+/t26-,28?,29?,30?,31-,32+,35-,36?,37?/m0/s1. The van der Waals surface area contributed by atoms with E-state index in [9.17, 15) is 34.2 Å². The number of carbonyl (C=O) groups excluding carboxylic acids is 5. The van der Waals surface area contributed by atoms with Crippen LogP contribution in [0.5, 0.6) is 0 Å². The van der Waals surface area contributed by atoms with Crippen molar-refractivity contribution < 1.29 is 62.6 Å². The SMILES string of the molecule is CC(=O)OCC12[C@H](OC(=O)c3ccccc3)C(OC(C)=O)C3C(O)C1(OC3(C)C)[C@@](C)(O)C[C@H](OC(C)=O)[C@@H]2OC(=O)/C=C/c1ccccc1. The highest BCUT2D eigenvalue weighted by Gasteiger charge is 2.88. The molecule has 0 radical (unpaired) electrons. The quantitative estimate of drug-likeness (QED) is 0.222. The van der Waals surface area contributed by atoms with Gasteiger partial charge in [0.05, 0.1) is 28.8 Å². The zero-order chi connectivity index (χ0) is 36.6. The van der Waals surface area contributed by atoms with Crippen molar-refractivity contribution in [2.24, 2.45) is 11.3 Å². The fourth-order valence-electron chi connectivity index (χ4n) is 8.24. The molecular formula is C37H42O13. The summed E-state index contributed by atoms with van der Waals surface area (Å²) in [5.74, 6) is -5.48. The zero-order valence-electron chi connectivity index (χ0n) is 28.7. The van der Waals surface area contributed by atoms with Gasteiger partial charge in [-0.15, -0.1) is 0 Å². The maximum Gasteiger partial charge on any atom is 0.338 e. The highest BCUT2D eigenvalue weighted by atomic mass is 16.6. The number of fused-ring (bicyclic) bond motifs is 1. The molecule has 0 aromatic heterocycles. The molecule has 2 aromatic carbocycles. The summed E-state index contributed by atoms with van der Waals surface area (Å²) in [6.45, 7) is 7.06. The lowest BCUT2D eigenvalue weighted by atomic mass is 9.45. The van der Waals surface area contributed by atoms with Crippen LogP contribution >= 0.6 is 0 Å². The molecule has 1 aliphatic heterocycles. The molecule has 1 spiro atoms. The molecule has 2 bridgehead atoms. The van der Waals surface area contributed by atoms with Crippen LogP contribution in [0.3, 0.4) is 0 Å². The van der Waals surface area contributed by atoms with E-state index < -0.39 is 102 Å². The highest BCUT2D eigenvalue weighted by molar-refractivity contribution is 5.90. The molecule has 50 heavy (non-hydrogen) atoms. The third-order valence-corrected chi connectivity index (χ3v) is 9.91. The Kier molecular flexibility index (Phi) is 9.99. The Morgan fingerprint density at radius 2 is 1.42 bits per heavy atom. The number of ether oxygens (including phenoxy) is 6. The topological polar surface area (TPSA) is 181 Å². The van der Waals surface area contributed by atoms with Gasteiger partial charge in [-0.1, -0.05) is 48.5 Å². The van der Waals surface area contributed by atoms with Crippen LogP contribution in [0, 0.1) is 11.3 Å². The summed E-state index contributed by atoms with van der Waals surface area (Å²) in [6.07, 6.45) is -6.04. The molecule has 5 rings (SSSR count). The summed E-state index contributed by atoms with van der Waals surface area (Å²) in [7, 11) is 0. The van der Waals surface area contributed by atoms with Gasteiger partial charge >= 0.3 is 29.8 Å². The van der Waals surface area contributed by atoms with Crippen LogP contribution in [-0.2, 0) is 47.6 Å². The van der Waals surface area contributed by atoms with Crippen LogP contribution in [0.2, 0.25) is 0 Å². The lowest BCUT2D eigenvalue weighted by molar-refractivity contribution is -0.362. The average molecular weight is 695 g/mol. The second-order valence-corrected chi connectivity index (χ2v) is 13.7. The minimum Gasteiger partial charge on any atom is -0.465 e. The fourth-order valence-corrected chi connectivity index (χ4v) is 8.24. The van der Waals surface area contributed by atoms with E-state index in [0.29, 0.717) is 5.56 Å². The van der Waals surface area contributed by atoms with Crippen LogP contribution in [0.4, 0.5) is 0 Å². The van der Waals surface area contributed by atoms with Gasteiger partial charge in [0.1, 0.15) is 29.8 Å². The predicted molar refractivity (Wildman–Crippen MR) is 174 cm³/mol. The molecule has 268 valence electrons. The van der Waals surface area contributed by atoms with Gasteiger partial charge in [0.25, 0.3) is 0 Å². The molecule has 3 fully saturated rings. The van der Waals surface area contributed by atoms with Gasteiger partial charge in [0, 0.05) is 33.3 Å². The van der Waals surface area contributed by atoms with Gasteiger partial charge in [-0.2, -0.15) is 0 Å². The Balaban J connectivity index is 1.81. The van der Waals surface area contributed by atoms with Crippen molar-refractivity contribution in [2.75, 3.05) is 6.61 Å². The van der Waals surface area contributed by atoms with E-state index in [1.54, 1.807) is 62.4 Å². The van der Waals surface area contributed by atoms with Crippen molar-refractivity contribution in [3.8, 4) is 0 Å². The summed E-state index contributed by atoms with van der Waals surface area (Å²) in [5.41, 5.74) is -7.37. The second-order valence-electron chi connectivity index (χ2n) is 13.7. The Morgan fingerprint density at radius 3 is 2.00 bits per heavy atom. The second kappa shape index (κ2) is 13.6. The number of esters is 5. The van der Waals surface area contributed by atoms with Crippen LogP contribution in [0.25, 0.3) is 6.08 Å². The number of aliphatic hydroxyl groups excluding tert-OH is 1. The van der Waals surface area contributed by atoms with E-state index in [0.717, 1.165) is 26.8 Å². The normalized spacial score (nSPS) is 33.8. The first-order chi connectivity index (χ1) is 23.5. The van der Waals surface area contributed by atoms with Gasteiger partial charge in [-0.05, 0) is 44.5 Å². The first-order valence-electron chi connectivity index (χ1n) is 16.2.